The minimum Gasteiger partial charge on any atom is -0.493 e. The van der Waals surface area contributed by atoms with Crippen molar-refractivity contribution < 1.29 is 34.1 Å². The van der Waals surface area contributed by atoms with Gasteiger partial charge < -0.3 is 35.1 Å². The van der Waals surface area contributed by atoms with Gasteiger partial charge in [0.2, 0.25) is 0 Å². The van der Waals surface area contributed by atoms with Gasteiger partial charge in [-0.1, -0.05) is 6.07 Å². The summed E-state index contributed by atoms with van der Waals surface area (Å²) in [7, 11) is 2.81. The van der Waals surface area contributed by atoms with Crippen LogP contribution in [0.25, 0.3) is 11.1 Å². The molecule has 4 rings (SSSR count). The monoisotopic (exact) mass is 481 g/mol. The van der Waals surface area contributed by atoms with Crippen molar-refractivity contribution in [2.45, 2.75) is 6.10 Å². The molecule has 11 heteroatoms. The highest BCUT2D eigenvalue weighted by Crippen LogP contribution is 2.42. The Kier molecular flexibility index (Phi) is 6.71. The van der Waals surface area contributed by atoms with E-state index < -0.39 is 17.6 Å². The van der Waals surface area contributed by atoms with Gasteiger partial charge in [-0.3, -0.25) is 14.9 Å². The smallest absolute Gasteiger partial charge is 0.310 e. The van der Waals surface area contributed by atoms with E-state index in [1.54, 1.807) is 42.5 Å². The summed E-state index contributed by atoms with van der Waals surface area (Å²) in [6.45, 7) is -0.605. The van der Waals surface area contributed by atoms with Crippen molar-refractivity contribution in [3.63, 3.8) is 0 Å². The number of aliphatic hydroxyl groups excluding tert-OH is 2. The minimum atomic E-state index is -1.06. The van der Waals surface area contributed by atoms with Crippen LogP contribution in [-0.4, -0.2) is 54.6 Å². The average Bonchev–Trinajstić information content (AvgIpc) is 3.00. The van der Waals surface area contributed by atoms with E-state index >= 15 is 0 Å². The first-order valence-corrected chi connectivity index (χ1v) is 10.5. The molecule has 1 aliphatic heterocycles. The third-order valence-electron chi connectivity index (χ3n) is 5.44. The van der Waals surface area contributed by atoms with Gasteiger partial charge in [0.1, 0.15) is 12.7 Å². The number of hydrogen-bond donors (Lipinski definition) is 4. The molecule has 0 aliphatic carbocycles. The van der Waals surface area contributed by atoms with Crippen molar-refractivity contribution >= 4 is 28.7 Å². The number of fused-ring (bicyclic) bond motifs is 2. The lowest BCUT2D eigenvalue weighted by Crippen LogP contribution is -2.21. The highest BCUT2D eigenvalue weighted by atomic mass is 16.6. The summed E-state index contributed by atoms with van der Waals surface area (Å²) >= 11 is 0. The van der Waals surface area contributed by atoms with Crippen LogP contribution in [0.15, 0.2) is 48.5 Å². The number of methoxy groups -OCH3 is 2. The number of aliphatic hydroxyl groups is 2. The van der Waals surface area contributed by atoms with Crippen LogP contribution >= 0.6 is 0 Å². The number of benzene rings is 3. The van der Waals surface area contributed by atoms with Gasteiger partial charge in [0, 0.05) is 18.2 Å². The molecule has 1 amide bonds. The molecule has 182 valence electrons. The molecule has 3 aromatic rings. The number of amides is 1. The van der Waals surface area contributed by atoms with E-state index in [0.29, 0.717) is 45.3 Å². The lowest BCUT2D eigenvalue weighted by molar-refractivity contribution is -0.385. The standard InChI is InChI=1S/C24H23N3O8/c1-33-21-8-14(4-6-20(21)27(31)32)13-3-5-16-17(7-13)25-18-10-23(35-12-15(29)11-28)22(34-2)9-19(18)26-24(16)30/h3-10,15,25,28-29H,11-12H2,1-2H3,(H,26,30). The van der Waals surface area contributed by atoms with Crippen LogP contribution in [-0.2, 0) is 0 Å². The van der Waals surface area contributed by atoms with Crippen LogP contribution in [0.5, 0.6) is 17.2 Å². The Bertz CT molecular complexity index is 1290. The number of anilines is 3. The third-order valence-corrected chi connectivity index (χ3v) is 5.44. The first-order valence-electron chi connectivity index (χ1n) is 10.5. The summed E-state index contributed by atoms with van der Waals surface area (Å²) in [6.07, 6.45) is -1.06. The summed E-state index contributed by atoms with van der Waals surface area (Å²) in [5.41, 5.74) is 3.08. The topological polar surface area (TPSA) is 152 Å². The van der Waals surface area contributed by atoms with Crippen molar-refractivity contribution in [1.82, 2.24) is 0 Å². The van der Waals surface area contributed by atoms with Crippen molar-refractivity contribution in [3.8, 4) is 28.4 Å². The summed E-state index contributed by atoms with van der Waals surface area (Å²) in [5, 5.41) is 35.9. The molecule has 1 unspecified atom stereocenters. The molecular formula is C24H23N3O8. The summed E-state index contributed by atoms with van der Waals surface area (Å²) in [6, 6.07) is 12.9. The number of nitrogens with one attached hydrogen (secondary N) is 2. The van der Waals surface area contributed by atoms with E-state index in [-0.39, 0.29) is 24.0 Å². The molecule has 0 saturated heterocycles. The normalized spacial score (nSPS) is 12.9. The molecule has 0 spiro atoms. The molecule has 1 heterocycles. The zero-order chi connectivity index (χ0) is 25.1. The van der Waals surface area contributed by atoms with Crippen molar-refractivity contribution in [2.24, 2.45) is 0 Å². The Morgan fingerprint density at radius 1 is 0.914 bits per heavy atom. The van der Waals surface area contributed by atoms with Crippen LogP contribution in [0.2, 0.25) is 0 Å². The number of hydrogen-bond acceptors (Lipinski definition) is 9. The van der Waals surface area contributed by atoms with Crippen LogP contribution in [0.3, 0.4) is 0 Å². The third kappa shape index (κ3) is 4.81. The molecule has 0 aromatic heterocycles. The molecule has 0 radical (unpaired) electrons. The fraction of sp³-hybridized carbons (Fsp3) is 0.208. The number of nitrogens with zero attached hydrogens (tertiary/aromatic N) is 1. The second-order valence-corrected chi connectivity index (χ2v) is 7.68. The summed E-state index contributed by atoms with van der Waals surface area (Å²) < 4.78 is 16.1. The van der Waals surface area contributed by atoms with Gasteiger partial charge in [0.05, 0.1) is 48.4 Å². The second kappa shape index (κ2) is 9.87. The molecular weight excluding hydrogens is 458 g/mol. The maximum atomic E-state index is 12.9. The molecule has 0 fully saturated rings. The van der Waals surface area contributed by atoms with E-state index in [2.05, 4.69) is 10.6 Å². The largest absolute Gasteiger partial charge is 0.493 e. The minimum absolute atomic E-state index is 0.123. The average molecular weight is 481 g/mol. The lowest BCUT2D eigenvalue weighted by Gasteiger charge is -2.17. The quantitative estimate of drug-likeness (QED) is 0.280. The fourth-order valence-corrected chi connectivity index (χ4v) is 3.65. The van der Waals surface area contributed by atoms with E-state index in [9.17, 15) is 20.0 Å². The van der Waals surface area contributed by atoms with Gasteiger partial charge in [-0.15, -0.1) is 0 Å². The Balaban J connectivity index is 1.72. The molecule has 4 N–H and O–H groups in total. The van der Waals surface area contributed by atoms with Gasteiger partial charge in [0.25, 0.3) is 5.91 Å². The highest BCUT2D eigenvalue weighted by molar-refractivity contribution is 6.12. The van der Waals surface area contributed by atoms with Crippen LogP contribution < -0.4 is 24.8 Å². The Morgan fingerprint density at radius 2 is 1.57 bits per heavy atom. The highest BCUT2D eigenvalue weighted by Gasteiger charge is 2.23. The van der Waals surface area contributed by atoms with Crippen molar-refractivity contribution in [3.05, 3.63) is 64.2 Å². The zero-order valence-corrected chi connectivity index (χ0v) is 18.9. The Labute approximate surface area is 200 Å². The van der Waals surface area contributed by atoms with E-state index in [0.717, 1.165) is 0 Å². The van der Waals surface area contributed by atoms with Crippen LogP contribution in [0, 0.1) is 10.1 Å². The van der Waals surface area contributed by atoms with Gasteiger partial charge >= 0.3 is 5.69 Å². The Hall–Kier alpha value is -4.35. The van der Waals surface area contributed by atoms with Crippen LogP contribution in [0.1, 0.15) is 10.4 Å². The molecule has 3 aromatic carbocycles. The summed E-state index contributed by atoms with van der Waals surface area (Å²) in [5.74, 6) is 0.420. The molecule has 0 saturated carbocycles. The van der Waals surface area contributed by atoms with Gasteiger partial charge in [-0.25, -0.2) is 0 Å². The molecule has 11 nitrogen and oxygen atoms in total. The second-order valence-electron chi connectivity index (χ2n) is 7.68. The number of carbonyl (C=O) groups excluding carboxylic acids is 1. The van der Waals surface area contributed by atoms with Crippen molar-refractivity contribution in [2.75, 3.05) is 38.1 Å². The number of nitro groups is 1. The van der Waals surface area contributed by atoms with E-state index in [4.69, 9.17) is 19.3 Å². The van der Waals surface area contributed by atoms with Gasteiger partial charge in [-0.05, 0) is 35.4 Å². The molecule has 1 aliphatic rings. The van der Waals surface area contributed by atoms with E-state index in [1.807, 2.05) is 0 Å². The van der Waals surface area contributed by atoms with Gasteiger partial charge in [0.15, 0.2) is 17.2 Å². The molecule has 35 heavy (non-hydrogen) atoms. The van der Waals surface area contributed by atoms with E-state index in [1.165, 1.54) is 20.3 Å². The maximum Gasteiger partial charge on any atom is 0.310 e. The fourth-order valence-electron chi connectivity index (χ4n) is 3.65. The summed E-state index contributed by atoms with van der Waals surface area (Å²) in [4.78, 5) is 23.6. The van der Waals surface area contributed by atoms with Gasteiger partial charge in [-0.2, -0.15) is 0 Å². The maximum absolute atomic E-state index is 12.9. The number of carbonyl (C=O) groups is 1. The predicted molar refractivity (Wildman–Crippen MR) is 128 cm³/mol. The first kappa shape index (κ1) is 23.8. The molecule has 0 bridgehead atoms. The van der Waals surface area contributed by atoms with Crippen LogP contribution in [0.4, 0.5) is 22.7 Å². The Morgan fingerprint density at radius 3 is 2.26 bits per heavy atom. The first-order chi connectivity index (χ1) is 16.8. The predicted octanol–water partition coefficient (Wildman–Crippen LogP) is 3.32. The zero-order valence-electron chi connectivity index (χ0n) is 18.9. The number of ether oxygens (including phenoxy) is 3. The lowest BCUT2D eigenvalue weighted by atomic mass is 10.0. The number of rotatable bonds is 8. The van der Waals surface area contributed by atoms with Crippen molar-refractivity contribution in [1.29, 1.82) is 0 Å². The number of nitro benzene ring substituents is 1. The molecule has 1 atom stereocenters. The SMILES string of the molecule is COc1cc2c(cc1OCC(O)CO)Nc1cc(-c3ccc([N+](=O)[O-])c(OC)c3)ccc1C(=O)N2.